The molecule has 0 aliphatic heterocycles. The number of hydrogen-bond donors (Lipinski definition) is 0. The standard InChI is InChI=1S/C15H11NO2/c17-16(18)15-7-5-11(6-8-15)14-9-12-3-1-2-4-13(12)10-14/h1-9H,10H2. The molecule has 3 nitrogen and oxygen atoms in total. The second-order valence-corrected chi connectivity index (χ2v) is 4.35. The van der Waals surface area contributed by atoms with Crippen LogP contribution in [0.5, 0.6) is 0 Å². The Morgan fingerprint density at radius 3 is 2.39 bits per heavy atom. The summed E-state index contributed by atoms with van der Waals surface area (Å²) < 4.78 is 0. The van der Waals surface area contributed by atoms with Gasteiger partial charge in [-0.3, -0.25) is 10.1 Å². The zero-order chi connectivity index (χ0) is 12.5. The lowest BCUT2D eigenvalue weighted by molar-refractivity contribution is -0.384. The normalized spacial score (nSPS) is 13.0. The molecule has 0 N–H and O–H groups in total. The van der Waals surface area contributed by atoms with E-state index in [-0.39, 0.29) is 10.6 Å². The van der Waals surface area contributed by atoms with Crippen molar-refractivity contribution in [2.75, 3.05) is 0 Å². The minimum Gasteiger partial charge on any atom is -0.258 e. The van der Waals surface area contributed by atoms with Gasteiger partial charge in [0.1, 0.15) is 0 Å². The highest BCUT2D eigenvalue weighted by Crippen LogP contribution is 2.31. The molecular formula is C15H11NO2. The minimum absolute atomic E-state index is 0.134. The first kappa shape index (κ1) is 10.7. The molecule has 3 heteroatoms. The maximum absolute atomic E-state index is 10.6. The van der Waals surface area contributed by atoms with E-state index < -0.39 is 0 Å². The predicted octanol–water partition coefficient (Wildman–Crippen LogP) is 3.69. The van der Waals surface area contributed by atoms with E-state index in [9.17, 15) is 10.1 Å². The van der Waals surface area contributed by atoms with Crippen LogP contribution in [-0.2, 0) is 6.42 Å². The van der Waals surface area contributed by atoms with Gasteiger partial charge in [0.25, 0.3) is 5.69 Å². The Morgan fingerprint density at radius 1 is 1.00 bits per heavy atom. The Hall–Kier alpha value is -2.42. The van der Waals surface area contributed by atoms with Gasteiger partial charge in [0, 0.05) is 12.1 Å². The lowest BCUT2D eigenvalue weighted by atomic mass is 10.0. The Kier molecular flexibility index (Phi) is 2.45. The van der Waals surface area contributed by atoms with E-state index in [1.165, 1.54) is 16.7 Å². The molecule has 1 aliphatic carbocycles. The van der Waals surface area contributed by atoms with Crippen LogP contribution < -0.4 is 0 Å². The molecule has 0 spiro atoms. The van der Waals surface area contributed by atoms with Crippen molar-refractivity contribution in [3.8, 4) is 0 Å². The third kappa shape index (κ3) is 1.80. The van der Waals surface area contributed by atoms with Crippen LogP contribution in [0.2, 0.25) is 0 Å². The molecule has 0 fully saturated rings. The van der Waals surface area contributed by atoms with Crippen LogP contribution in [0.4, 0.5) is 5.69 Å². The Balaban J connectivity index is 1.92. The van der Waals surface area contributed by atoms with Crippen molar-refractivity contribution >= 4 is 17.3 Å². The average Bonchev–Trinajstić information content (AvgIpc) is 2.82. The van der Waals surface area contributed by atoms with Crippen molar-refractivity contribution in [1.82, 2.24) is 0 Å². The second kappa shape index (κ2) is 4.11. The maximum Gasteiger partial charge on any atom is 0.269 e. The van der Waals surface area contributed by atoms with Crippen LogP contribution >= 0.6 is 0 Å². The monoisotopic (exact) mass is 237 g/mol. The van der Waals surface area contributed by atoms with E-state index in [4.69, 9.17) is 0 Å². The van der Waals surface area contributed by atoms with Crippen LogP contribution in [0.25, 0.3) is 11.6 Å². The highest BCUT2D eigenvalue weighted by Gasteiger charge is 2.14. The van der Waals surface area contributed by atoms with Crippen LogP contribution in [0.3, 0.4) is 0 Å². The highest BCUT2D eigenvalue weighted by atomic mass is 16.6. The largest absolute Gasteiger partial charge is 0.269 e. The quantitative estimate of drug-likeness (QED) is 0.590. The molecule has 2 aromatic rings. The van der Waals surface area contributed by atoms with Crippen LogP contribution in [0.1, 0.15) is 16.7 Å². The Morgan fingerprint density at radius 2 is 1.72 bits per heavy atom. The van der Waals surface area contributed by atoms with Gasteiger partial charge in [-0.05, 0) is 40.8 Å². The van der Waals surface area contributed by atoms with Crippen LogP contribution in [0, 0.1) is 10.1 Å². The molecular weight excluding hydrogens is 226 g/mol. The first-order chi connectivity index (χ1) is 8.74. The van der Waals surface area contributed by atoms with Gasteiger partial charge in [0.15, 0.2) is 0 Å². The molecule has 0 radical (unpaired) electrons. The van der Waals surface area contributed by atoms with Crippen molar-refractivity contribution in [1.29, 1.82) is 0 Å². The molecule has 0 saturated heterocycles. The molecule has 0 unspecified atom stereocenters. The number of fused-ring (bicyclic) bond motifs is 1. The van der Waals surface area contributed by atoms with Crippen molar-refractivity contribution < 1.29 is 4.92 Å². The summed E-state index contributed by atoms with van der Waals surface area (Å²) >= 11 is 0. The molecule has 0 heterocycles. The van der Waals surface area contributed by atoms with Crippen LogP contribution in [0.15, 0.2) is 48.5 Å². The molecule has 1 aliphatic rings. The molecule has 0 bridgehead atoms. The first-order valence-corrected chi connectivity index (χ1v) is 5.77. The predicted molar refractivity (Wildman–Crippen MR) is 71.1 cm³/mol. The fraction of sp³-hybridized carbons (Fsp3) is 0.0667. The van der Waals surface area contributed by atoms with Crippen molar-refractivity contribution in [3.05, 3.63) is 75.3 Å². The van der Waals surface area contributed by atoms with Gasteiger partial charge in [-0.1, -0.05) is 30.3 Å². The van der Waals surface area contributed by atoms with Gasteiger partial charge >= 0.3 is 0 Å². The summed E-state index contributed by atoms with van der Waals surface area (Å²) in [5.74, 6) is 0. The molecule has 2 aromatic carbocycles. The molecule has 0 aromatic heterocycles. The lowest BCUT2D eigenvalue weighted by Crippen LogP contribution is -1.89. The zero-order valence-electron chi connectivity index (χ0n) is 9.67. The Bertz CT molecular complexity index is 642. The molecule has 3 rings (SSSR count). The van der Waals surface area contributed by atoms with Crippen LogP contribution in [-0.4, -0.2) is 4.92 Å². The Labute approximate surface area is 105 Å². The fourth-order valence-corrected chi connectivity index (χ4v) is 2.26. The summed E-state index contributed by atoms with van der Waals surface area (Å²) in [6.45, 7) is 0. The smallest absolute Gasteiger partial charge is 0.258 e. The summed E-state index contributed by atoms with van der Waals surface area (Å²) in [5, 5.41) is 10.6. The number of nitro groups is 1. The van der Waals surface area contributed by atoms with Gasteiger partial charge in [0.2, 0.25) is 0 Å². The summed E-state index contributed by atoms with van der Waals surface area (Å²) in [7, 11) is 0. The van der Waals surface area contributed by atoms with E-state index in [0.717, 1.165) is 12.0 Å². The second-order valence-electron chi connectivity index (χ2n) is 4.35. The van der Waals surface area contributed by atoms with E-state index in [2.05, 4.69) is 18.2 Å². The van der Waals surface area contributed by atoms with Crippen molar-refractivity contribution in [2.24, 2.45) is 0 Å². The van der Waals surface area contributed by atoms with Gasteiger partial charge in [0.05, 0.1) is 4.92 Å². The number of nitrogens with zero attached hydrogens (tertiary/aromatic N) is 1. The van der Waals surface area contributed by atoms with Gasteiger partial charge in [-0.2, -0.15) is 0 Å². The summed E-state index contributed by atoms with van der Waals surface area (Å²) in [6, 6.07) is 15.0. The van der Waals surface area contributed by atoms with E-state index in [0.29, 0.717) is 0 Å². The number of allylic oxidation sites excluding steroid dienone is 1. The third-order valence-corrected chi connectivity index (χ3v) is 3.21. The number of hydrogen-bond acceptors (Lipinski definition) is 2. The summed E-state index contributed by atoms with van der Waals surface area (Å²) in [5.41, 5.74) is 4.95. The molecule has 0 saturated carbocycles. The SMILES string of the molecule is O=[N+]([O-])c1ccc(C2=Cc3ccccc3C2)cc1. The maximum atomic E-state index is 10.6. The molecule has 0 amide bonds. The van der Waals surface area contributed by atoms with Crippen molar-refractivity contribution in [3.63, 3.8) is 0 Å². The summed E-state index contributed by atoms with van der Waals surface area (Å²) in [4.78, 5) is 10.2. The van der Waals surface area contributed by atoms with Gasteiger partial charge in [-0.25, -0.2) is 0 Å². The van der Waals surface area contributed by atoms with Crippen molar-refractivity contribution in [2.45, 2.75) is 6.42 Å². The third-order valence-electron chi connectivity index (χ3n) is 3.21. The fourth-order valence-electron chi connectivity index (χ4n) is 2.26. The molecule has 18 heavy (non-hydrogen) atoms. The number of benzene rings is 2. The van der Waals surface area contributed by atoms with E-state index in [1.807, 2.05) is 24.3 Å². The first-order valence-electron chi connectivity index (χ1n) is 5.77. The minimum atomic E-state index is -0.373. The van der Waals surface area contributed by atoms with Gasteiger partial charge < -0.3 is 0 Å². The topological polar surface area (TPSA) is 43.1 Å². The average molecular weight is 237 g/mol. The number of nitro benzene ring substituents is 1. The highest BCUT2D eigenvalue weighted by molar-refractivity contribution is 5.88. The van der Waals surface area contributed by atoms with E-state index >= 15 is 0 Å². The number of rotatable bonds is 2. The lowest BCUT2D eigenvalue weighted by Gasteiger charge is -2.01. The molecule has 0 atom stereocenters. The van der Waals surface area contributed by atoms with E-state index in [1.54, 1.807) is 12.1 Å². The molecule has 88 valence electrons. The zero-order valence-corrected chi connectivity index (χ0v) is 9.67. The van der Waals surface area contributed by atoms with Gasteiger partial charge in [-0.15, -0.1) is 0 Å². The number of non-ortho nitro benzene ring substituents is 1. The summed E-state index contributed by atoms with van der Waals surface area (Å²) in [6.07, 6.45) is 3.05.